The summed E-state index contributed by atoms with van der Waals surface area (Å²) in [7, 11) is 0. The van der Waals surface area contributed by atoms with Crippen LogP contribution in [-0.4, -0.2) is 37.8 Å². The number of aliphatic imine (C=N–C) groups is 1. The van der Waals surface area contributed by atoms with Crippen LogP contribution in [0.4, 0.5) is 8.78 Å². The lowest BCUT2D eigenvalue weighted by atomic mass is 10.0. The molecule has 2 rings (SSSR count). The van der Waals surface area contributed by atoms with Crippen molar-refractivity contribution in [2.45, 2.75) is 32.0 Å². The third-order valence-electron chi connectivity index (χ3n) is 4.38. The van der Waals surface area contributed by atoms with E-state index in [9.17, 15) is 13.6 Å². The summed E-state index contributed by atoms with van der Waals surface area (Å²) >= 11 is 0. The van der Waals surface area contributed by atoms with Crippen LogP contribution in [0.1, 0.15) is 41.7 Å². The maximum atomic E-state index is 13.4. The Morgan fingerprint density at radius 3 is 2.55 bits per heavy atom. The first-order valence-electron chi connectivity index (χ1n) is 10.1. The van der Waals surface area contributed by atoms with Crippen LogP contribution in [0.25, 0.3) is 0 Å². The van der Waals surface area contributed by atoms with Crippen LogP contribution in [0, 0.1) is 11.6 Å². The molecule has 0 bridgehead atoms. The number of halogens is 2. The molecule has 0 saturated heterocycles. The first-order chi connectivity index (χ1) is 14.9. The van der Waals surface area contributed by atoms with Crippen molar-refractivity contribution in [1.82, 2.24) is 10.6 Å². The average Bonchev–Trinajstić information content (AvgIpc) is 2.73. The van der Waals surface area contributed by atoms with Gasteiger partial charge in [0.15, 0.2) is 0 Å². The number of amides is 1. The molecule has 0 aliphatic rings. The van der Waals surface area contributed by atoms with Crippen LogP contribution < -0.4 is 22.1 Å². The van der Waals surface area contributed by atoms with Crippen molar-refractivity contribution < 1.29 is 18.3 Å². The number of ether oxygens (including phenoxy) is 1. The lowest BCUT2D eigenvalue weighted by Gasteiger charge is -2.21. The fourth-order valence-electron chi connectivity index (χ4n) is 2.79. The molecule has 6 N–H and O–H groups in total. The van der Waals surface area contributed by atoms with Crippen molar-refractivity contribution in [3.63, 3.8) is 0 Å². The van der Waals surface area contributed by atoms with E-state index in [1.54, 1.807) is 12.1 Å². The van der Waals surface area contributed by atoms with Gasteiger partial charge < -0.3 is 26.8 Å². The van der Waals surface area contributed by atoms with E-state index in [0.29, 0.717) is 32.6 Å². The van der Waals surface area contributed by atoms with Crippen molar-refractivity contribution in [2.75, 3.05) is 19.8 Å². The molecular weight excluding hydrogens is 404 g/mol. The van der Waals surface area contributed by atoms with Crippen molar-refractivity contribution in [3.8, 4) is 0 Å². The molecule has 0 aliphatic heterocycles. The maximum absolute atomic E-state index is 13.4. The molecular formula is C22H29F2N5O2. The van der Waals surface area contributed by atoms with Gasteiger partial charge in [0.1, 0.15) is 11.6 Å². The van der Waals surface area contributed by atoms with E-state index in [2.05, 4.69) is 15.6 Å². The highest BCUT2D eigenvalue weighted by atomic mass is 19.1. The summed E-state index contributed by atoms with van der Waals surface area (Å²) in [5, 5.41) is 5.96. The first kappa shape index (κ1) is 24.4. The van der Waals surface area contributed by atoms with Gasteiger partial charge in [-0.3, -0.25) is 4.79 Å². The number of rotatable bonds is 10. The Bertz CT molecular complexity index is 861. The fraction of sp³-hybridized carbons (Fsp3) is 0.364. The number of guanidine groups is 1. The first-order valence-corrected chi connectivity index (χ1v) is 10.1. The predicted octanol–water partition coefficient (Wildman–Crippen LogP) is 2.44. The molecule has 0 radical (unpaired) electrons. The molecule has 1 amide bonds. The molecule has 2 unspecified atom stereocenters. The molecule has 168 valence electrons. The molecule has 2 aromatic carbocycles. The average molecular weight is 434 g/mol. The summed E-state index contributed by atoms with van der Waals surface area (Å²) in [6.45, 7) is 3.56. The minimum Gasteiger partial charge on any atom is -0.382 e. The monoisotopic (exact) mass is 433 g/mol. The Morgan fingerprint density at radius 2 is 1.87 bits per heavy atom. The quantitative estimate of drug-likeness (QED) is 0.198. The zero-order valence-electron chi connectivity index (χ0n) is 17.5. The van der Waals surface area contributed by atoms with Crippen molar-refractivity contribution >= 4 is 11.9 Å². The topological polar surface area (TPSA) is 115 Å². The summed E-state index contributed by atoms with van der Waals surface area (Å²) in [6.07, 6.45) is 0.352. The largest absolute Gasteiger partial charge is 0.382 e. The number of benzene rings is 2. The molecule has 0 saturated carbocycles. The van der Waals surface area contributed by atoms with Crippen LogP contribution >= 0.6 is 0 Å². The molecule has 0 aromatic heterocycles. The minimum absolute atomic E-state index is 0.118. The number of nitrogens with two attached hydrogens (primary N) is 2. The van der Waals surface area contributed by atoms with E-state index in [1.165, 1.54) is 30.3 Å². The van der Waals surface area contributed by atoms with Gasteiger partial charge in [-0.1, -0.05) is 18.2 Å². The molecule has 9 heteroatoms. The van der Waals surface area contributed by atoms with Crippen LogP contribution in [0.3, 0.4) is 0 Å². The molecule has 0 fully saturated rings. The predicted molar refractivity (Wildman–Crippen MR) is 116 cm³/mol. The SMILES string of the molecule is CCOCCCN/C(=N/C(=O)c1cccc(F)c1)NC(N)CC(N)c1ccc(F)cc1. The van der Waals surface area contributed by atoms with Gasteiger partial charge in [0.25, 0.3) is 5.91 Å². The molecule has 7 nitrogen and oxygen atoms in total. The van der Waals surface area contributed by atoms with Crippen LogP contribution in [-0.2, 0) is 4.74 Å². The summed E-state index contributed by atoms with van der Waals surface area (Å²) in [4.78, 5) is 16.5. The second-order valence-electron chi connectivity index (χ2n) is 6.90. The van der Waals surface area contributed by atoms with Crippen LogP contribution in [0.2, 0.25) is 0 Å². The Hall–Kier alpha value is -2.88. The van der Waals surface area contributed by atoms with Gasteiger partial charge in [-0.05, 0) is 55.7 Å². The zero-order chi connectivity index (χ0) is 22.6. The van der Waals surface area contributed by atoms with Gasteiger partial charge in [0, 0.05) is 31.4 Å². The lowest BCUT2D eigenvalue weighted by Crippen LogP contribution is -2.49. The van der Waals surface area contributed by atoms with Crippen LogP contribution in [0.5, 0.6) is 0 Å². The zero-order valence-corrected chi connectivity index (χ0v) is 17.5. The van der Waals surface area contributed by atoms with Crippen molar-refractivity contribution in [3.05, 3.63) is 71.3 Å². The second-order valence-corrected chi connectivity index (χ2v) is 6.90. The maximum Gasteiger partial charge on any atom is 0.280 e. The third kappa shape index (κ3) is 8.79. The highest BCUT2D eigenvalue weighted by molar-refractivity contribution is 6.02. The van der Waals surface area contributed by atoms with Gasteiger partial charge in [0.2, 0.25) is 5.96 Å². The van der Waals surface area contributed by atoms with E-state index in [1.807, 2.05) is 6.92 Å². The molecule has 0 spiro atoms. The van der Waals surface area contributed by atoms with E-state index >= 15 is 0 Å². The van der Waals surface area contributed by atoms with Crippen molar-refractivity contribution in [1.29, 1.82) is 0 Å². The number of nitrogens with one attached hydrogen (secondary N) is 2. The molecule has 2 atom stereocenters. The summed E-state index contributed by atoms with van der Waals surface area (Å²) in [5.74, 6) is -1.33. The number of nitrogens with zero attached hydrogens (tertiary/aromatic N) is 1. The van der Waals surface area contributed by atoms with Gasteiger partial charge in [-0.15, -0.1) is 0 Å². The van der Waals surface area contributed by atoms with E-state index in [4.69, 9.17) is 16.2 Å². The lowest BCUT2D eigenvalue weighted by molar-refractivity contribution is 0.100. The highest BCUT2D eigenvalue weighted by Crippen LogP contribution is 2.15. The molecule has 0 aliphatic carbocycles. The van der Waals surface area contributed by atoms with Gasteiger partial charge in [-0.25, -0.2) is 8.78 Å². The highest BCUT2D eigenvalue weighted by Gasteiger charge is 2.15. The minimum atomic E-state index is -0.640. The van der Waals surface area contributed by atoms with E-state index in [0.717, 1.165) is 11.6 Å². The van der Waals surface area contributed by atoms with E-state index < -0.39 is 23.9 Å². The van der Waals surface area contributed by atoms with Gasteiger partial charge >= 0.3 is 0 Å². The molecule has 2 aromatic rings. The normalized spacial score (nSPS) is 13.5. The van der Waals surface area contributed by atoms with Crippen molar-refractivity contribution in [2.24, 2.45) is 16.5 Å². The summed E-state index contributed by atoms with van der Waals surface area (Å²) < 4.78 is 31.8. The fourth-order valence-corrected chi connectivity index (χ4v) is 2.79. The Balaban J connectivity index is 2.03. The van der Waals surface area contributed by atoms with E-state index in [-0.39, 0.29) is 17.3 Å². The molecule has 31 heavy (non-hydrogen) atoms. The third-order valence-corrected chi connectivity index (χ3v) is 4.38. The van der Waals surface area contributed by atoms with Gasteiger partial charge in [-0.2, -0.15) is 4.99 Å². The number of carbonyl (C=O) groups is 1. The molecule has 0 heterocycles. The smallest absolute Gasteiger partial charge is 0.280 e. The summed E-state index contributed by atoms with van der Waals surface area (Å²) in [5.41, 5.74) is 13.2. The Morgan fingerprint density at radius 1 is 1.13 bits per heavy atom. The van der Waals surface area contributed by atoms with Crippen LogP contribution in [0.15, 0.2) is 53.5 Å². The Kier molecular flexibility index (Phi) is 10.0. The number of carbonyl (C=O) groups excluding carboxylic acids is 1. The second kappa shape index (κ2) is 12.7. The summed E-state index contributed by atoms with van der Waals surface area (Å²) in [6, 6.07) is 10.7. The van der Waals surface area contributed by atoms with Gasteiger partial charge in [0.05, 0.1) is 6.17 Å². The number of hydrogen-bond donors (Lipinski definition) is 4. The Labute approximate surface area is 180 Å². The number of hydrogen-bond acceptors (Lipinski definition) is 4. The standard InChI is InChI=1S/C22H29F2N5O2/c1-2-31-12-4-11-27-22(29-21(30)16-5-3-6-18(24)13-16)28-20(26)14-19(25)15-7-9-17(23)10-8-15/h3,5-10,13,19-20H,2,4,11-12,14,25-26H2,1H3,(H2,27,28,29,30).